The van der Waals surface area contributed by atoms with Crippen LogP contribution < -0.4 is 0 Å². The van der Waals surface area contributed by atoms with Gasteiger partial charge in [-0.05, 0) is 61.6 Å². The monoisotopic (exact) mass is 493 g/mol. The van der Waals surface area contributed by atoms with Crippen molar-refractivity contribution in [3.63, 3.8) is 0 Å². The van der Waals surface area contributed by atoms with Gasteiger partial charge in [-0.15, -0.1) is 0 Å². The maximum Gasteiger partial charge on any atom is 0.243 e. The zero-order valence-corrected chi connectivity index (χ0v) is 20.0. The number of hydrogen-bond donors (Lipinski definition) is 0. The lowest BCUT2D eigenvalue weighted by Crippen LogP contribution is -2.27. The molecule has 0 N–H and O–H groups in total. The first kappa shape index (κ1) is 22.2. The SMILES string of the molecule is O=S(=O)(c1ccc2c(c1)nc(SCc1ccc(F)cc1Cl)n2C1CCCC1)N1CCCC1. The summed E-state index contributed by atoms with van der Waals surface area (Å²) in [7, 11) is -3.49. The highest BCUT2D eigenvalue weighted by Gasteiger charge is 2.29. The van der Waals surface area contributed by atoms with Gasteiger partial charge in [0.05, 0.1) is 15.9 Å². The molecule has 0 radical (unpaired) electrons. The maximum absolute atomic E-state index is 13.4. The first-order chi connectivity index (χ1) is 15.4. The Hall–Kier alpha value is -1.61. The molecule has 1 aromatic heterocycles. The molecule has 32 heavy (non-hydrogen) atoms. The van der Waals surface area contributed by atoms with Crippen molar-refractivity contribution in [1.29, 1.82) is 0 Å². The van der Waals surface area contributed by atoms with Crippen LogP contribution >= 0.6 is 23.4 Å². The van der Waals surface area contributed by atoms with Gasteiger partial charge < -0.3 is 4.57 Å². The number of sulfonamides is 1. The van der Waals surface area contributed by atoms with E-state index >= 15 is 0 Å². The number of benzene rings is 2. The third-order valence-corrected chi connectivity index (χ3v) is 9.64. The molecule has 5 nitrogen and oxygen atoms in total. The number of imidazole rings is 1. The summed E-state index contributed by atoms with van der Waals surface area (Å²) in [4.78, 5) is 5.15. The quantitative estimate of drug-likeness (QED) is 0.394. The lowest BCUT2D eigenvalue weighted by molar-refractivity contribution is 0.477. The normalized spacial score (nSPS) is 18.2. The van der Waals surface area contributed by atoms with E-state index in [2.05, 4.69) is 4.57 Å². The number of fused-ring (bicyclic) bond motifs is 1. The van der Waals surface area contributed by atoms with Crippen molar-refractivity contribution in [3.8, 4) is 0 Å². The van der Waals surface area contributed by atoms with Crippen LogP contribution in [0.1, 0.15) is 50.1 Å². The highest BCUT2D eigenvalue weighted by Crippen LogP contribution is 2.38. The molecular formula is C23H25ClFN3O2S2. The topological polar surface area (TPSA) is 55.2 Å². The van der Waals surface area contributed by atoms with Gasteiger partial charge in [0.2, 0.25) is 10.0 Å². The van der Waals surface area contributed by atoms with Gasteiger partial charge in [-0.2, -0.15) is 4.31 Å². The fraction of sp³-hybridized carbons (Fsp3) is 0.435. The first-order valence-electron chi connectivity index (χ1n) is 11.0. The van der Waals surface area contributed by atoms with E-state index < -0.39 is 10.0 Å². The third kappa shape index (κ3) is 4.18. The summed E-state index contributed by atoms with van der Waals surface area (Å²) >= 11 is 7.78. The van der Waals surface area contributed by atoms with Crippen LogP contribution in [0.3, 0.4) is 0 Å². The maximum atomic E-state index is 13.4. The van der Waals surface area contributed by atoms with Gasteiger partial charge in [0.25, 0.3) is 0 Å². The molecule has 1 saturated heterocycles. The zero-order chi connectivity index (χ0) is 22.3. The average Bonchev–Trinajstić information content (AvgIpc) is 3.52. The van der Waals surface area contributed by atoms with E-state index in [0.717, 1.165) is 41.9 Å². The van der Waals surface area contributed by atoms with Crippen molar-refractivity contribution in [1.82, 2.24) is 13.9 Å². The summed E-state index contributed by atoms with van der Waals surface area (Å²) in [5, 5.41) is 1.25. The Morgan fingerprint density at radius 3 is 2.53 bits per heavy atom. The van der Waals surface area contributed by atoms with Crippen LogP contribution in [0.5, 0.6) is 0 Å². The second-order valence-corrected chi connectivity index (χ2v) is 11.8. The van der Waals surface area contributed by atoms with Crippen molar-refractivity contribution in [2.45, 2.75) is 60.4 Å². The molecule has 2 aliphatic rings. The molecule has 1 saturated carbocycles. The van der Waals surface area contributed by atoms with E-state index in [1.807, 2.05) is 6.07 Å². The van der Waals surface area contributed by atoms with Crippen LogP contribution in [0.2, 0.25) is 5.02 Å². The summed E-state index contributed by atoms with van der Waals surface area (Å²) in [6.07, 6.45) is 6.35. The molecule has 0 atom stereocenters. The van der Waals surface area contributed by atoms with E-state index in [-0.39, 0.29) is 5.82 Å². The molecule has 0 bridgehead atoms. The molecule has 2 fully saturated rings. The number of thioether (sulfide) groups is 1. The van der Waals surface area contributed by atoms with Gasteiger partial charge in [0.1, 0.15) is 5.82 Å². The molecule has 2 heterocycles. The van der Waals surface area contributed by atoms with Crippen molar-refractivity contribution >= 4 is 44.4 Å². The van der Waals surface area contributed by atoms with Gasteiger partial charge in [-0.3, -0.25) is 0 Å². The van der Waals surface area contributed by atoms with Crippen LogP contribution in [-0.4, -0.2) is 35.4 Å². The standard InChI is InChI=1S/C23H25ClFN3O2S2/c24-20-13-17(25)8-7-16(20)15-31-23-26-21-14-19(32(29,30)27-11-3-4-12-27)9-10-22(21)28(23)18-5-1-2-6-18/h7-10,13-14,18H,1-6,11-12,15H2. The van der Waals surface area contributed by atoms with Gasteiger partial charge in [0, 0.05) is 29.9 Å². The van der Waals surface area contributed by atoms with Gasteiger partial charge >= 0.3 is 0 Å². The third-order valence-electron chi connectivity index (χ3n) is 6.39. The molecule has 5 rings (SSSR count). The van der Waals surface area contributed by atoms with Crippen molar-refractivity contribution < 1.29 is 12.8 Å². The van der Waals surface area contributed by atoms with Crippen molar-refractivity contribution in [2.24, 2.45) is 0 Å². The van der Waals surface area contributed by atoms with Crippen molar-refractivity contribution in [3.05, 3.63) is 52.8 Å². The second-order valence-electron chi connectivity index (χ2n) is 8.49. The number of halogens is 2. The molecule has 2 aromatic carbocycles. The van der Waals surface area contributed by atoms with E-state index in [1.54, 1.807) is 34.3 Å². The van der Waals surface area contributed by atoms with E-state index in [4.69, 9.17) is 16.6 Å². The highest BCUT2D eigenvalue weighted by molar-refractivity contribution is 7.98. The molecule has 0 spiro atoms. The van der Waals surface area contributed by atoms with Crippen molar-refractivity contribution in [2.75, 3.05) is 13.1 Å². The molecular weight excluding hydrogens is 469 g/mol. The Kier molecular flexibility index (Phi) is 6.22. The molecule has 1 aliphatic heterocycles. The summed E-state index contributed by atoms with van der Waals surface area (Å²) < 4.78 is 43.3. The van der Waals surface area contributed by atoms with Gasteiger partial charge in [-0.25, -0.2) is 17.8 Å². The molecule has 9 heteroatoms. The molecule has 0 amide bonds. The average molecular weight is 494 g/mol. The highest BCUT2D eigenvalue weighted by atomic mass is 35.5. The van der Waals surface area contributed by atoms with Crippen LogP contribution in [0.4, 0.5) is 4.39 Å². The van der Waals surface area contributed by atoms with E-state index in [1.165, 1.54) is 25.0 Å². The Labute approximate surface area is 197 Å². The minimum atomic E-state index is -3.49. The van der Waals surface area contributed by atoms with Crippen LogP contribution in [-0.2, 0) is 15.8 Å². The molecule has 1 aliphatic carbocycles. The smallest absolute Gasteiger partial charge is 0.243 e. The predicted molar refractivity (Wildman–Crippen MR) is 126 cm³/mol. The Morgan fingerprint density at radius 1 is 1.06 bits per heavy atom. The predicted octanol–water partition coefficient (Wildman–Crippen LogP) is 6.02. The number of rotatable bonds is 6. The number of nitrogens with zero attached hydrogens (tertiary/aromatic N) is 3. The molecule has 170 valence electrons. The van der Waals surface area contributed by atoms with Crippen LogP contribution in [0.25, 0.3) is 11.0 Å². The molecule has 0 unspecified atom stereocenters. The second kappa shape index (κ2) is 8.97. The summed E-state index contributed by atoms with van der Waals surface area (Å²) in [5.74, 6) is 0.211. The summed E-state index contributed by atoms with van der Waals surface area (Å²) in [6, 6.07) is 10.1. The lowest BCUT2D eigenvalue weighted by Gasteiger charge is -2.17. The fourth-order valence-electron chi connectivity index (χ4n) is 4.69. The van der Waals surface area contributed by atoms with Gasteiger partial charge in [0.15, 0.2) is 5.16 Å². The number of aromatic nitrogens is 2. The zero-order valence-electron chi connectivity index (χ0n) is 17.6. The first-order valence-corrected chi connectivity index (χ1v) is 13.8. The van der Waals surface area contributed by atoms with Gasteiger partial charge in [-0.1, -0.05) is 42.3 Å². The minimum Gasteiger partial charge on any atom is -0.316 e. The Balaban J connectivity index is 1.51. The Morgan fingerprint density at radius 2 is 1.81 bits per heavy atom. The summed E-state index contributed by atoms with van der Waals surface area (Å²) in [5.41, 5.74) is 2.51. The van der Waals surface area contributed by atoms with E-state index in [0.29, 0.717) is 40.3 Å². The number of hydrogen-bond acceptors (Lipinski definition) is 4. The van der Waals surface area contributed by atoms with E-state index in [9.17, 15) is 12.8 Å². The van der Waals surface area contributed by atoms with Crippen LogP contribution in [0, 0.1) is 5.82 Å². The summed E-state index contributed by atoms with van der Waals surface area (Å²) in [6.45, 7) is 1.16. The molecule has 3 aromatic rings. The largest absolute Gasteiger partial charge is 0.316 e. The Bertz CT molecular complexity index is 1250. The minimum absolute atomic E-state index is 0.307. The van der Waals surface area contributed by atoms with Crippen LogP contribution in [0.15, 0.2) is 46.5 Å². The lowest BCUT2D eigenvalue weighted by atomic mass is 10.2. The fourth-order valence-corrected chi connectivity index (χ4v) is 7.63.